The number of rotatable bonds is 1. The maximum absolute atomic E-state index is 11.4. The Morgan fingerprint density at radius 3 is 2.62 bits per heavy atom. The van der Waals surface area contributed by atoms with Gasteiger partial charge in [-0.05, 0) is 12.8 Å². The molecule has 2 N–H and O–H groups in total. The first kappa shape index (κ1) is 7.76. The number of ether oxygens (including phenoxy) is 1. The average Bonchev–Trinajstić information content (AvgIpc) is 2.75. The minimum atomic E-state index is -0.404. The fourth-order valence-electron chi connectivity index (χ4n) is 2.03. The van der Waals surface area contributed by atoms with E-state index in [0.29, 0.717) is 12.5 Å². The predicted octanol–water partition coefficient (Wildman–Crippen LogP) is -0.747. The van der Waals surface area contributed by atoms with Crippen molar-refractivity contribution in [1.82, 2.24) is 10.6 Å². The lowest BCUT2D eigenvalue weighted by Crippen LogP contribution is -2.59. The van der Waals surface area contributed by atoms with Crippen LogP contribution in [-0.2, 0) is 9.53 Å². The van der Waals surface area contributed by atoms with E-state index in [4.69, 9.17) is 4.74 Å². The van der Waals surface area contributed by atoms with Crippen LogP contribution in [0.25, 0.3) is 0 Å². The van der Waals surface area contributed by atoms with E-state index in [9.17, 15) is 4.79 Å². The molecular weight excluding hydrogens is 168 g/mol. The second-order valence-electron chi connectivity index (χ2n) is 4.28. The molecule has 1 spiro atoms. The van der Waals surface area contributed by atoms with E-state index in [1.54, 1.807) is 0 Å². The van der Waals surface area contributed by atoms with Crippen LogP contribution in [0.2, 0.25) is 0 Å². The highest BCUT2D eigenvalue weighted by atomic mass is 16.5. The lowest BCUT2D eigenvalue weighted by atomic mass is 9.94. The van der Waals surface area contributed by atoms with Crippen molar-refractivity contribution in [1.29, 1.82) is 0 Å². The van der Waals surface area contributed by atoms with E-state index in [0.717, 1.165) is 25.9 Å². The largest absolute Gasteiger partial charge is 0.360 e. The fourth-order valence-corrected chi connectivity index (χ4v) is 2.03. The molecule has 2 saturated heterocycles. The molecule has 4 nitrogen and oxygen atoms in total. The molecule has 0 aromatic carbocycles. The molecule has 0 radical (unpaired) electrons. The van der Waals surface area contributed by atoms with Crippen LogP contribution in [0.5, 0.6) is 0 Å². The first-order valence-electron chi connectivity index (χ1n) is 4.97. The number of carbonyl (C=O) groups excluding carboxylic acids is 1. The Balaban J connectivity index is 1.69. The maximum atomic E-state index is 11.4. The Hall–Kier alpha value is -0.610. The molecule has 3 fully saturated rings. The molecule has 13 heavy (non-hydrogen) atoms. The van der Waals surface area contributed by atoms with Crippen LogP contribution >= 0.6 is 0 Å². The second kappa shape index (κ2) is 2.45. The minimum Gasteiger partial charge on any atom is -0.360 e. The monoisotopic (exact) mass is 182 g/mol. The van der Waals surface area contributed by atoms with Crippen molar-refractivity contribution in [3.63, 3.8) is 0 Å². The topological polar surface area (TPSA) is 50.4 Å². The van der Waals surface area contributed by atoms with Crippen molar-refractivity contribution in [3.8, 4) is 0 Å². The summed E-state index contributed by atoms with van der Waals surface area (Å²) < 4.78 is 5.85. The van der Waals surface area contributed by atoms with Crippen molar-refractivity contribution in [2.24, 2.45) is 5.92 Å². The Bertz CT molecular complexity index is 246. The first-order valence-corrected chi connectivity index (χ1v) is 4.97. The number of hydrogen-bond acceptors (Lipinski definition) is 3. The Labute approximate surface area is 77.0 Å². The van der Waals surface area contributed by atoms with Gasteiger partial charge in [-0.3, -0.25) is 4.79 Å². The zero-order valence-electron chi connectivity index (χ0n) is 7.51. The normalized spacial score (nSPS) is 36.9. The smallest absolute Gasteiger partial charge is 0.252 e. The van der Waals surface area contributed by atoms with Gasteiger partial charge in [-0.15, -0.1) is 0 Å². The lowest BCUT2D eigenvalue weighted by Gasteiger charge is -2.39. The SMILES string of the molecule is O=C1NCC(C2CNC2)OC12CC2. The third-order valence-electron chi connectivity index (χ3n) is 3.30. The molecule has 1 unspecified atom stereocenters. The molecule has 2 heterocycles. The number of carbonyl (C=O) groups is 1. The van der Waals surface area contributed by atoms with Gasteiger partial charge in [0.25, 0.3) is 5.91 Å². The molecule has 0 aromatic heterocycles. The van der Waals surface area contributed by atoms with Gasteiger partial charge in [0.05, 0.1) is 6.10 Å². The van der Waals surface area contributed by atoms with Gasteiger partial charge < -0.3 is 15.4 Å². The van der Waals surface area contributed by atoms with Crippen LogP contribution in [0, 0.1) is 5.92 Å². The molecule has 0 aromatic rings. The van der Waals surface area contributed by atoms with Gasteiger partial charge in [0, 0.05) is 25.6 Å². The van der Waals surface area contributed by atoms with Gasteiger partial charge in [0.15, 0.2) is 0 Å². The standard InChI is InChI=1S/C9H14N2O2/c12-8-9(1-2-9)13-7(5-11-8)6-3-10-4-6/h6-7,10H,1-5H2,(H,11,12). The van der Waals surface area contributed by atoms with E-state index < -0.39 is 5.60 Å². The summed E-state index contributed by atoms with van der Waals surface area (Å²) in [5.74, 6) is 0.717. The number of morpholine rings is 1. The molecule has 4 heteroatoms. The van der Waals surface area contributed by atoms with E-state index in [2.05, 4.69) is 10.6 Å². The van der Waals surface area contributed by atoms with E-state index in [-0.39, 0.29) is 12.0 Å². The highest BCUT2D eigenvalue weighted by Crippen LogP contribution is 2.43. The van der Waals surface area contributed by atoms with Gasteiger partial charge in [-0.1, -0.05) is 0 Å². The molecule has 72 valence electrons. The van der Waals surface area contributed by atoms with Crippen LogP contribution in [0.1, 0.15) is 12.8 Å². The van der Waals surface area contributed by atoms with Gasteiger partial charge in [0.2, 0.25) is 0 Å². The van der Waals surface area contributed by atoms with Gasteiger partial charge in [-0.2, -0.15) is 0 Å². The Kier molecular flexibility index (Phi) is 1.46. The van der Waals surface area contributed by atoms with Crippen molar-refractivity contribution in [3.05, 3.63) is 0 Å². The van der Waals surface area contributed by atoms with Crippen LogP contribution < -0.4 is 10.6 Å². The summed E-state index contributed by atoms with van der Waals surface area (Å²) in [6.07, 6.45) is 2.08. The summed E-state index contributed by atoms with van der Waals surface area (Å²) in [7, 11) is 0. The van der Waals surface area contributed by atoms with Crippen LogP contribution in [0.3, 0.4) is 0 Å². The van der Waals surface area contributed by atoms with Crippen LogP contribution in [0.15, 0.2) is 0 Å². The maximum Gasteiger partial charge on any atom is 0.252 e. The highest BCUT2D eigenvalue weighted by molar-refractivity contribution is 5.88. The van der Waals surface area contributed by atoms with E-state index in [1.165, 1.54) is 0 Å². The Morgan fingerprint density at radius 2 is 2.08 bits per heavy atom. The van der Waals surface area contributed by atoms with Crippen molar-refractivity contribution < 1.29 is 9.53 Å². The summed E-state index contributed by atoms with van der Waals surface area (Å²) in [6.45, 7) is 2.78. The number of nitrogens with one attached hydrogen (secondary N) is 2. The van der Waals surface area contributed by atoms with Crippen LogP contribution in [-0.4, -0.2) is 37.2 Å². The first-order chi connectivity index (χ1) is 6.30. The van der Waals surface area contributed by atoms with Gasteiger partial charge in [-0.25, -0.2) is 0 Å². The number of hydrogen-bond donors (Lipinski definition) is 2. The zero-order chi connectivity index (χ0) is 8.89. The summed E-state index contributed by atoms with van der Waals surface area (Å²) in [5, 5.41) is 6.17. The molecule has 1 saturated carbocycles. The molecule has 2 aliphatic heterocycles. The molecule has 1 amide bonds. The van der Waals surface area contributed by atoms with Crippen LogP contribution in [0.4, 0.5) is 0 Å². The molecule has 0 bridgehead atoms. The summed E-state index contributed by atoms with van der Waals surface area (Å²) >= 11 is 0. The molecule has 1 atom stereocenters. The lowest BCUT2D eigenvalue weighted by molar-refractivity contribution is -0.155. The minimum absolute atomic E-state index is 0.107. The van der Waals surface area contributed by atoms with Crippen molar-refractivity contribution in [2.45, 2.75) is 24.5 Å². The van der Waals surface area contributed by atoms with Crippen molar-refractivity contribution >= 4 is 5.91 Å². The van der Waals surface area contributed by atoms with Gasteiger partial charge >= 0.3 is 0 Å². The van der Waals surface area contributed by atoms with Crippen molar-refractivity contribution in [2.75, 3.05) is 19.6 Å². The highest BCUT2D eigenvalue weighted by Gasteiger charge is 2.56. The summed E-state index contributed by atoms with van der Waals surface area (Å²) in [4.78, 5) is 11.4. The second-order valence-corrected chi connectivity index (χ2v) is 4.28. The summed E-state index contributed by atoms with van der Waals surface area (Å²) in [6, 6.07) is 0. The predicted molar refractivity (Wildman–Crippen MR) is 46.2 cm³/mol. The zero-order valence-corrected chi connectivity index (χ0v) is 7.51. The van der Waals surface area contributed by atoms with E-state index in [1.807, 2.05) is 0 Å². The Morgan fingerprint density at radius 1 is 1.31 bits per heavy atom. The van der Waals surface area contributed by atoms with E-state index >= 15 is 0 Å². The fraction of sp³-hybridized carbons (Fsp3) is 0.889. The molecule has 1 aliphatic carbocycles. The number of amides is 1. The molecule has 3 aliphatic rings. The summed E-state index contributed by atoms with van der Waals surface area (Å²) in [5.41, 5.74) is -0.404. The molecule has 3 rings (SSSR count). The average molecular weight is 182 g/mol. The third kappa shape index (κ3) is 1.09. The molecular formula is C9H14N2O2. The van der Waals surface area contributed by atoms with Gasteiger partial charge in [0.1, 0.15) is 5.60 Å². The quantitative estimate of drug-likeness (QED) is 0.561. The third-order valence-corrected chi connectivity index (χ3v) is 3.30.